The van der Waals surface area contributed by atoms with Gasteiger partial charge in [-0.3, -0.25) is 4.79 Å². The second-order valence-corrected chi connectivity index (χ2v) is 6.14. The molecule has 0 saturated heterocycles. The van der Waals surface area contributed by atoms with E-state index in [1.165, 1.54) is 0 Å². The summed E-state index contributed by atoms with van der Waals surface area (Å²) in [5.41, 5.74) is 3.40. The number of benzene rings is 1. The number of hydrogen-bond acceptors (Lipinski definition) is 8. The van der Waals surface area contributed by atoms with Crippen molar-refractivity contribution in [3.63, 3.8) is 0 Å². The number of guanidine groups is 1. The molecule has 0 aliphatic carbocycles. The summed E-state index contributed by atoms with van der Waals surface area (Å²) in [5, 5.41) is 4.88. The van der Waals surface area contributed by atoms with Crippen molar-refractivity contribution in [2.75, 3.05) is 31.2 Å². The average molecular weight is 415 g/mol. The van der Waals surface area contributed by atoms with Crippen LogP contribution < -0.4 is 10.3 Å². The maximum Gasteiger partial charge on any atom is 0.355 e. The van der Waals surface area contributed by atoms with Crippen LogP contribution in [0.4, 0.5) is 5.69 Å². The van der Waals surface area contributed by atoms with Gasteiger partial charge in [0.1, 0.15) is 0 Å². The monoisotopic (exact) mass is 414 g/mol. The lowest BCUT2D eigenvalue weighted by Gasteiger charge is -2.20. The zero-order valence-corrected chi connectivity index (χ0v) is 16.5. The van der Waals surface area contributed by atoms with Gasteiger partial charge in [0, 0.05) is 12.2 Å². The van der Waals surface area contributed by atoms with Gasteiger partial charge in [-0.15, -0.1) is 0 Å². The molecule has 0 unspecified atom stereocenters. The largest absolute Gasteiger partial charge is 0.466 e. The number of carbonyl (C=O) groups excluding carboxylic acids is 2. The second kappa shape index (κ2) is 10.1. The zero-order chi connectivity index (χ0) is 19.8. The third-order valence-corrected chi connectivity index (χ3v) is 4.21. The number of hydrazone groups is 1. The molecule has 1 N–H and O–H groups in total. The van der Waals surface area contributed by atoms with Crippen molar-refractivity contribution in [2.45, 2.75) is 20.3 Å². The van der Waals surface area contributed by atoms with Crippen LogP contribution in [0.3, 0.4) is 0 Å². The van der Waals surface area contributed by atoms with Gasteiger partial charge >= 0.3 is 11.9 Å². The van der Waals surface area contributed by atoms with E-state index in [1.54, 1.807) is 32.0 Å². The molecule has 0 bridgehead atoms. The molecule has 1 aliphatic heterocycles. The SMILES string of the molecule is CCOC(=O)C/C(=N\NC1=NCCN1c1ccc(Cl)c(Cl)c1)C(=O)OCC. The number of nitrogens with one attached hydrogen (secondary N) is 1. The van der Waals surface area contributed by atoms with Crippen LogP contribution in [0.5, 0.6) is 0 Å². The molecule has 146 valence electrons. The van der Waals surface area contributed by atoms with E-state index in [0.29, 0.717) is 29.1 Å². The van der Waals surface area contributed by atoms with E-state index >= 15 is 0 Å². The van der Waals surface area contributed by atoms with Crippen LogP contribution in [0.15, 0.2) is 28.3 Å². The van der Waals surface area contributed by atoms with Gasteiger partial charge in [-0.2, -0.15) is 5.10 Å². The summed E-state index contributed by atoms with van der Waals surface area (Å²) in [6.07, 6.45) is -0.306. The molecular formula is C17H20Cl2N4O4. The van der Waals surface area contributed by atoms with Crippen LogP contribution >= 0.6 is 23.2 Å². The number of carbonyl (C=O) groups is 2. The molecule has 8 nitrogen and oxygen atoms in total. The third kappa shape index (κ3) is 5.83. The summed E-state index contributed by atoms with van der Waals surface area (Å²) in [5.74, 6) is -0.849. The number of esters is 2. The van der Waals surface area contributed by atoms with Crippen LogP contribution in [0.1, 0.15) is 20.3 Å². The fraction of sp³-hybridized carbons (Fsp3) is 0.412. The molecule has 1 aromatic rings. The van der Waals surface area contributed by atoms with Crippen molar-refractivity contribution in [3.8, 4) is 0 Å². The first kappa shape index (κ1) is 21.0. The topological polar surface area (TPSA) is 92.6 Å². The van der Waals surface area contributed by atoms with Crippen molar-refractivity contribution in [3.05, 3.63) is 28.2 Å². The van der Waals surface area contributed by atoms with Gasteiger partial charge in [-0.1, -0.05) is 23.2 Å². The number of halogens is 2. The van der Waals surface area contributed by atoms with Crippen molar-refractivity contribution < 1.29 is 19.1 Å². The molecule has 0 amide bonds. The molecule has 1 aromatic carbocycles. The number of anilines is 1. The van der Waals surface area contributed by atoms with Crippen LogP contribution in [0.2, 0.25) is 10.0 Å². The van der Waals surface area contributed by atoms with Crippen LogP contribution in [-0.4, -0.2) is 49.9 Å². The summed E-state index contributed by atoms with van der Waals surface area (Å²) in [6.45, 7) is 4.85. The molecule has 0 radical (unpaired) electrons. The predicted octanol–water partition coefficient (Wildman–Crippen LogP) is 2.63. The molecule has 0 aromatic heterocycles. The van der Waals surface area contributed by atoms with Crippen molar-refractivity contribution in [1.82, 2.24) is 5.43 Å². The maximum absolute atomic E-state index is 12.0. The highest BCUT2D eigenvalue weighted by Crippen LogP contribution is 2.28. The van der Waals surface area contributed by atoms with E-state index in [9.17, 15) is 9.59 Å². The Balaban J connectivity index is 2.15. The summed E-state index contributed by atoms with van der Waals surface area (Å²) in [4.78, 5) is 29.9. The van der Waals surface area contributed by atoms with E-state index in [-0.39, 0.29) is 25.3 Å². The summed E-state index contributed by atoms with van der Waals surface area (Å²) in [7, 11) is 0. The van der Waals surface area contributed by atoms with Gasteiger partial charge in [0.15, 0.2) is 5.71 Å². The standard InChI is InChI=1S/C17H20Cl2N4O4/c1-3-26-15(24)10-14(16(25)27-4-2)21-22-17-20-7-8-23(17)11-5-6-12(18)13(19)9-11/h5-6,9H,3-4,7-8,10H2,1-2H3,(H,20,22)/b21-14+. The molecule has 2 rings (SSSR count). The van der Waals surface area contributed by atoms with E-state index in [0.717, 1.165) is 5.69 Å². The summed E-state index contributed by atoms with van der Waals surface area (Å²) < 4.78 is 9.80. The Morgan fingerprint density at radius 3 is 2.63 bits per heavy atom. The fourth-order valence-corrected chi connectivity index (χ4v) is 2.58. The van der Waals surface area contributed by atoms with Crippen molar-refractivity contribution in [2.24, 2.45) is 10.1 Å². The van der Waals surface area contributed by atoms with E-state index < -0.39 is 11.9 Å². The minimum Gasteiger partial charge on any atom is -0.466 e. The molecule has 0 saturated carbocycles. The van der Waals surface area contributed by atoms with Crippen LogP contribution in [0.25, 0.3) is 0 Å². The summed E-state index contributed by atoms with van der Waals surface area (Å²) >= 11 is 12.0. The highest BCUT2D eigenvalue weighted by molar-refractivity contribution is 6.42. The molecular weight excluding hydrogens is 395 g/mol. The molecule has 1 heterocycles. The number of hydrogen-bond donors (Lipinski definition) is 1. The Morgan fingerprint density at radius 1 is 1.22 bits per heavy atom. The Morgan fingerprint density at radius 2 is 1.96 bits per heavy atom. The second-order valence-electron chi connectivity index (χ2n) is 5.33. The molecule has 10 heteroatoms. The third-order valence-electron chi connectivity index (χ3n) is 3.47. The smallest absolute Gasteiger partial charge is 0.355 e. The first-order chi connectivity index (χ1) is 13.0. The van der Waals surface area contributed by atoms with Crippen molar-refractivity contribution >= 4 is 52.5 Å². The Hall–Kier alpha value is -2.32. The number of aliphatic imine (C=N–C) groups is 1. The fourth-order valence-electron chi connectivity index (χ4n) is 2.29. The Kier molecular flexibility index (Phi) is 7.87. The lowest BCUT2D eigenvalue weighted by atomic mass is 10.3. The number of rotatable bonds is 7. The first-order valence-corrected chi connectivity index (χ1v) is 9.14. The zero-order valence-electron chi connectivity index (χ0n) is 15.0. The molecule has 1 aliphatic rings. The Bertz CT molecular complexity index is 767. The van der Waals surface area contributed by atoms with Gasteiger partial charge in [0.25, 0.3) is 0 Å². The van der Waals surface area contributed by atoms with Crippen LogP contribution in [0, 0.1) is 0 Å². The number of nitrogens with zero attached hydrogens (tertiary/aromatic N) is 3. The highest BCUT2D eigenvalue weighted by Gasteiger charge is 2.22. The molecule has 0 atom stereocenters. The van der Waals surface area contributed by atoms with Gasteiger partial charge in [-0.05, 0) is 32.0 Å². The van der Waals surface area contributed by atoms with Gasteiger partial charge in [0.2, 0.25) is 5.96 Å². The quantitative estimate of drug-likeness (QED) is 0.418. The normalized spacial score (nSPS) is 14.0. The lowest BCUT2D eigenvalue weighted by molar-refractivity contribution is -0.143. The molecule has 0 fully saturated rings. The average Bonchev–Trinajstić information content (AvgIpc) is 3.10. The van der Waals surface area contributed by atoms with E-state index in [1.807, 2.05) is 4.90 Å². The predicted molar refractivity (Wildman–Crippen MR) is 105 cm³/mol. The maximum atomic E-state index is 12.0. The minimum absolute atomic E-state index is 0.0982. The number of ether oxygens (including phenoxy) is 2. The van der Waals surface area contributed by atoms with Gasteiger partial charge < -0.3 is 14.4 Å². The lowest BCUT2D eigenvalue weighted by Crippen LogP contribution is -2.37. The first-order valence-electron chi connectivity index (χ1n) is 8.38. The van der Waals surface area contributed by atoms with Crippen molar-refractivity contribution in [1.29, 1.82) is 0 Å². The van der Waals surface area contributed by atoms with Crippen LogP contribution in [-0.2, 0) is 19.1 Å². The molecule has 0 spiro atoms. The molecule has 27 heavy (non-hydrogen) atoms. The van der Waals surface area contributed by atoms with Gasteiger partial charge in [-0.25, -0.2) is 15.2 Å². The van der Waals surface area contributed by atoms with Gasteiger partial charge in [0.05, 0.1) is 36.2 Å². The Labute approximate surface area is 167 Å². The van der Waals surface area contributed by atoms with E-state index in [2.05, 4.69) is 15.5 Å². The van der Waals surface area contributed by atoms with E-state index in [4.69, 9.17) is 32.7 Å². The highest BCUT2D eigenvalue weighted by atomic mass is 35.5. The summed E-state index contributed by atoms with van der Waals surface area (Å²) in [6, 6.07) is 5.19. The minimum atomic E-state index is -0.697.